The third kappa shape index (κ3) is 2.84. The van der Waals surface area contributed by atoms with Crippen molar-refractivity contribution in [3.63, 3.8) is 0 Å². The van der Waals surface area contributed by atoms with Crippen LogP contribution in [0.2, 0.25) is 5.02 Å². The highest BCUT2D eigenvalue weighted by molar-refractivity contribution is 7.12. The first-order valence-electron chi connectivity index (χ1n) is 10.7. The summed E-state index contributed by atoms with van der Waals surface area (Å²) in [6, 6.07) is 9.62. The number of rotatable bonds is 5. The van der Waals surface area contributed by atoms with E-state index < -0.39 is 17.7 Å². The van der Waals surface area contributed by atoms with Crippen molar-refractivity contribution < 1.29 is 19.2 Å². The second kappa shape index (κ2) is 7.12. The van der Waals surface area contributed by atoms with Crippen molar-refractivity contribution in [3.05, 3.63) is 69.4 Å². The monoisotopic (exact) mass is 466 g/mol. The first kappa shape index (κ1) is 19.9. The molecule has 0 unspecified atom stereocenters. The van der Waals surface area contributed by atoms with E-state index in [0.717, 1.165) is 16.4 Å². The van der Waals surface area contributed by atoms with Gasteiger partial charge in [-0.15, -0.1) is 11.3 Å². The third-order valence-corrected chi connectivity index (χ3v) is 8.46. The van der Waals surface area contributed by atoms with Crippen molar-refractivity contribution in [2.24, 2.45) is 35.5 Å². The Balaban J connectivity index is 1.37. The van der Waals surface area contributed by atoms with E-state index in [1.807, 2.05) is 0 Å². The van der Waals surface area contributed by atoms with E-state index in [4.69, 9.17) is 11.6 Å². The molecule has 32 heavy (non-hydrogen) atoms. The Kier molecular flexibility index (Phi) is 4.42. The lowest BCUT2D eigenvalue weighted by atomic mass is 9.63. The number of allylic oxidation sites excluding steroid dienone is 2. The summed E-state index contributed by atoms with van der Waals surface area (Å²) in [6.07, 6.45) is 5.22. The lowest BCUT2D eigenvalue weighted by Crippen LogP contribution is -2.52. The number of thiophene rings is 1. The SMILES string of the molecule is O=C(CN(C(=O)c1ccc(Cl)cc1)N1C(=O)[C@@H]2[C@H]3C=C[C@@H]([C@@H]4C[C@H]34)[C@H]2C1=O)c1cccs1. The zero-order chi connectivity index (χ0) is 22.1. The van der Waals surface area contributed by atoms with E-state index in [0.29, 0.717) is 21.7 Å². The van der Waals surface area contributed by atoms with Crippen LogP contribution in [0.1, 0.15) is 26.5 Å². The summed E-state index contributed by atoms with van der Waals surface area (Å²) >= 11 is 7.22. The number of carbonyl (C=O) groups excluding carboxylic acids is 4. The second-order valence-electron chi connectivity index (χ2n) is 8.91. The third-order valence-electron chi connectivity index (χ3n) is 7.30. The summed E-state index contributed by atoms with van der Waals surface area (Å²) in [5, 5.41) is 4.24. The number of benzene rings is 1. The maximum atomic E-state index is 13.6. The van der Waals surface area contributed by atoms with Gasteiger partial charge in [0.1, 0.15) is 6.54 Å². The van der Waals surface area contributed by atoms with Crippen molar-refractivity contribution >= 4 is 46.4 Å². The van der Waals surface area contributed by atoms with Crippen LogP contribution >= 0.6 is 22.9 Å². The molecule has 5 aliphatic rings. The van der Waals surface area contributed by atoms with Gasteiger partial charge in [-0.1, -0.05) is 29.8 Å². The van der Waals surface area contributed by atoms with E-state index in [-0.39, 0.29) is 41.5 Å². The highest BCUT2D eigenvalue weighted by Crippen LogP contribution is 2.65. The Morgan fingerprint density at radius 1 is 1.00 bits per heavy atom. The predicted molar refractivity (Wildman–Crippen MR) is 118 cm³/mol. The minimum absolute atomic E-state index is 0.0388. The van der Waals surface area contributed by atoms with E-state index >= 15 is 0 Å². The Morgan fingerprint density at radius 3 is 2.19 bits per heavy atom. The number of hydrogen-bond acceptors (Lipinski definition) is 5. The van der Waals surface area contributed by atoms with Crippen LogP contribution in [0.4, 0.5) is 0 Å². The van der Waals surface area contributed by atoms with Crippen LogP contribution in [0.5, 0.6) is 0 Å². The first-order valence-corrected chi connectivity index (χ1v) is 11.9. The van der Waals surface area contributed by atoms with E-state index in [1.165, 1.54) is 23.5 Å². The van der Waals surface area contributed by atoms with Crippen LogP contribution in [0.25, 0.3) is 0 Å². The maximum Gasteiger partial charge on any atom is 0.273 e. The summed E-state index contributed by atoms with van der Waals surface area (Å²) in [7, 11) is 0. The van der Waals surface area contributed by atoms with Gasteiger partial charge in [-0.3, -0.25) is 19.2 Å². The van der Waals surface area contributed by atoms with E-state index in [2.05, 4.69) is 12.2 Å². The molecule has 1 aliphatic heterocycles. The van der Waals surface area contributed by atoms with Crippen molar-refractivity contribution in [1.82, 2.24) is 10.0 Å². The molecule has 1 aromatic heterocycles. The molecule has 3 amide bonds. The molecule has 2 bridgehead atoms. The minimum atomic E-state index is -0.572. The van der Waals surface area contributed by atoms with Gasteiger partial charge in [0, 0.05) is 10.6 Å². The van der Waals surface area contributed by atoms with Crippen molar-refractivity contribution in [2.45, 2.75) is 6.42 Å². The fourth-order valence-electron chi connectivity index (χ4n) is 5.81. The summed E-state index contributed by atoms with van der Waals surface area (Å²) in [5.41, 5.74) is 0.257. The van der Waals surface area contributed by atoms with Crippen molar-refractivity contribution in [3.8, 4) is 0 Å². The number of hydrogen-bond donors (Lipinski definition) is 0. The number of imide groups is 1. The molecule has 6 atom stereocenters. The summed E-state index contributed by atoms with van der Waals surface area (Å²) < 4.78 is 0. The molecule has 1 aromatic carbocycles. The maximum absolute atomic E-state index is 13.6. The lowest BCUT2D eigenvalue weighted by Gasteiger charge is -2.37. The van der Waals surface area contributed by atoms with Crippen LogP contribution < -0.4 is 0 Å². The molecule has 0 N–H and O–H groups in total. The quantitative estimate of drug-likeness (QED) is 0.382. The molecule has 0 spiro atoms. The summed E-state index contributed by atoms with van der Waals surface area (Å²) in [5.74, 6) is -1.53. The first-order chi connectivity index (χ1) is 15.5. The van der Waals surface area contributed by atoms with Gasteiger partial charge < -0.3 is 0 Å². The molecule has 0 radical (unpaired) electrons. The highest BCUT2D eigenvalue weighted by Gasteiger charge is 2.68. The molecular formula is C24H19ClN2O4S. The molecule has 2 aromatic rings. The molecule has 2 saturated carbocycles. The standard InChI is InChI=1S/C24H19ClN2O4S/c25-13-5-3-12(4-6-13)22(29)26(11-18(28)19-2-1-9-32-19)27-23(30)20-14-7-8-15(17-10-16(14)17)21(20)24(27)31/h1-9,14-17,20-21H,10-11H2/t14-,15-,16-,17+,20+,21+/m0/s1. The molecule has 3 fully saturated rings. The number of nitrogens with zero attached hydrogens (tertiary/aromatic N) is 2. The van der Waals surface area contributed by atoms with Crippen molar-refractivity contribution in [2.75, 3.05) is 6.54 Å². The fraction of sp³-hybridized carbons (Fsp3) is 0.333. The van der Waals surface area contributed by atoms with E-state index in [9.17, 15) is 19.2 Å². The van der Waals surface area contributed by atoms with Crippen LogP contribution in [0.3, 0.4) is 0 Å². The molecule has 4 aliphatic carbocycles. The van der Waals surface area contributed by atoms with Crippen LogP contribution in [-0.4, -0.2) is 40.1 Å². The summed E-state index contributed by atoms with van der Waals surface area (Å²) in [6.45, 7) is -0.380. The van der Waals surface area contributed by atoms with E-state index in [1.54, 1.807) is 29.6 Å². The number of ketones is 1. The molecule has 8 heteroatoms. The largest absolute Gasteiger partial charge is 0.291 e. The van der Waals surface area contributed by atoms with Gasteiger partial charge in [0.15, 0.2) is 5.78 Å². The Bertz CT molecular complexity index is 1140. The molecular weight excluding hydrogens is 448 g/mol. The van der Waals surface area contributed by atoms with Gasteiger partial charge in [-0.2, -0.15) is 5.01 Å². The number of hydrazine groups is 1. The smallest absolute Gasteiger partial charge is 0.273 e. The molecule has 6 nitrogen and oxygen atoms in total. The predicted octanol–water partition coefficient (Wildman–Crippen LogP) is 3.69. The number of Topliss-reactive ketones (excluding diaryl/α,β-unsaturated/α-hetero) is 1. The van der Waals surface area contributed by atoms with Crippen molar-refractivity contribution in [1.29, 1.82) is 0 Å². The normalized spacial score (nSPS) is 31.5. The van der Waals surface area contributed by atoms with Gasteiger partial charge in [-0.05, 0) is 65.8 Å². The molecule has 2 heterocycles. The van der Waals surface area contributed by atoms with Crippen LogP contribution in [0.15, 0.2) is 53.9 Å². The van der Waals surface area contributed by atoms with Gasteiger partial charge >= 0.3 is 0 Å². The second-order valence-corrected chi connectivity index (χ2v) is 10.3. The van der Waals surface area contributed by atoms with Gasteiger partial charge in [0.25, 0.3) is 17.7 Å². The average molecular weight is 467 g/mol. The Hall–Kier alpha value is -2.77. The highest BCUT2D eigenvalue weighted by atomic mass is 35.5. The van der Waals surface area contributed by atoms with Crippen LogP contribution in [-0.2, 0) is 9.59 Å². The fourth-order valence-corrected chi connectivity index (χ4v) is 6.59. The summed E-state index contributed by atoms with van der Waals surface area (Å²) in [4.78, 5) is 54.0. The van der Waals surface area contributed by atoms with Gasteiger partial charge in [0.05, 0.1) is 16.7 Å². The number of amides is 3. The lowest BCUT2D eigenvalue weighted by molar-refractivity contribution is -0.154. The Labute approximate surface area is 193 Å². The zero-order valence-electron chi connectivity index (χ0n) is 16.9. The molecule has 1 saturated heterocycles. The van der Waals surface area contributed by atoms with Gasteiger partial charge in [-0.25, -0.2) is 5.01 Å². The number of halogens is 1. The number of carbonyl (C=O) groups is 4. The van der Waals surface area contributed by atoms with Crippen LogP contribution in [0, 0.1) is 35.5 Å². The van der Waals surface area contributed by atoms with Gasteiger partial charge in [0.2, 0.25) is 0 Å². The Morgan fingerprint density at radius 2 is 1.62 bits per heavy atom. The zero-order valence-corrected chi connectivity index (χ0v) is 18.5. The molecule has 7 rings (SSSR count). The topological polar surface area (TPSA) is 74.8 Å². The minimum Gasteiger partial charge on any atom is -0.291 e. The molecule has 162 valence electrons. The average Bonchev–Trinajstić information content (AvgIpc) is 3.36.